The Bertz CT molecular complexity index is 429. The number of carbonyl (C=O) groups excluding carboxylic acids is 1. The summed E-state index contributed by atoms with van der Waals surface area (Å²) in [5, 5.41) is 26.1. The van der Waals surface area contributed by atoms with E-state index in [1.54, 1.807) is 0 Å². The molecule has 0 fully saturated rings. The lowest BCUT2D eigenvalue weighted by atomic mass is 10.2. The molecule has 0 aromatic carbocycles. The first-order valence-corrected chi connectivity index (χ1v) is 5.52. The van der Waals surface area contributed by atoms with E-state index in [4.69, 9.17) is 10.2 Å². The predicted octanol–water partition coefficient (Wildman–Crippen LogP) is -0.506. The Hall–Kier alpha value is -1.96. The van der Waals surface area contributed by atoms with E-state index in [0.717, 1.165) is 0 Å². The van der Waals surface area contributed by atoms with Gasteiger partial charge in [0.2, 0.25) is 5.82 Å². The molecule has 1 aromatic heterocycles. The lowest BCUT2D eigenvalue weighted by molar-refractivity contribution is -0.139. The van der Waals surface area contributed by atoms with E-state index >= 15 is 0 Å². The minimum Gasteiger partial charge on any atom is -0.480 e. The van der Waals surface area contributed by atoms with Crippen molar-refractivity contribution in [3.05, 3.63) is 11.6 Å². The van der Waals surface area contributed by atoms with Crippen LogP contribution >= 0.6 is 0 Å². The normalized spacial score (nSPS) is 12.4. The fraction of sp³-hybridized carbons (Fsp3) is 0.600. The number of H-pyrrole nitrogens is 1. The Morgan fingerprint density at radius 1 is 1.44 bits per heavy atom. The maximum atomic E-state index is 11.7. The molecular weight excluding hydrogens is 240 g/mol. The van der Waals surface area contributed by atoms with Gasteiger partial charge in [-0.1, -0.05) is 13.8 Å². The van der Waals surface area contributed by atoms with E-state index < -0.39 is 17.9 Å². The zero-order chi connectivity index (χ0) is 13.7. The van der Waals surface area contributed by atoms with Crippen molar-refractivity contribution in [2.24, 2.45) is 0 Å². The summed E-state index contributed by atoms with van der Waals surface area (Å²) in [6.45, 7) is 3.44. The first-order valence-electron chi connectivity index (χ1n) is 5.52. The van der Waals surface area contributed by atoms with Crippen molar-refractivity contribution in [2.75, 3.05) is 6.61 Å². The lowest BCUT2D eigenvalue weighted by Gasteiger charge is -2.11. The number of amides is 1. The highest BCUT2D eigenvalue weighted by molar-refractivity contribution is 5.93. The summed E-state index contributed by atoms with van der Waals surface area (Å²) in [6, 6.07) is -1.15. The third-order valence-electron chi connectivity index (χ3n) is 2.27. The van der Waals surface area contributed by atoms with Crippen molar-refractivity contribution in [1.29, 1.82) is 0 Å². The van der Waals surface area contributed by atoms with Crippen molar-refractivity contribution in [1.82, 2.24) is 20.5 Å². The minimum atomic E-state index is -1.21. The highest BCUT2D eigenvalue weighted by Crippen LogP contribution is 2.07. The molecule has 1 atom stereocenters. The van der Waals surface area contributed by atoms with Gasteiger partial charge in [-0.15, -0.1) is 5.10 Å². The molecule has 100 valence electrons. The molecule has 0 unspecified atom stereocenters. The second kappa shape index (κ2) is 6.10. The van der Waals surface area contributed by atoms with Crippen LogP contribution in [0.5, 0.6) is 0 Å². The van der Waals surface area contributed by atoms with Gasteiger partial charge in [-0.2, -0.15) is 0 Å². The van der Waals surface area contributed by atoms with Crippen molar-refractivity contribution < 1.29 is 19.8 Å². The number of carbonyl (C=O) groups is 2. The molecule has 8 nitrogen and oxygen atoms in total. The average molecular weight is 256 g/mol. The van der Waals surface area contributed by atoms with E-state index in [1.165, 1.54) is 0 Å². The monoisotopic (exact) mass is 256 g/mol. The van der Waals surface area contributed by atoms with Crippen LogP contribution in [0.2, 0.25) is 0 Å². The van der Waals surface area contributed by atoms with Crippen LogP contribution in [-0.4, -0.2) is 49.9 Å². The average Bonchev–Trinajstić information content (AvgIpc) is 2.77. The number of hydrogen-bond donors (Lipinski definition) is 4. The van der Waals surface area contributed by atoms with Crippen molar-refractivity contribution in [3.8, 4) is 0 Å². The van der Waals surface area contributed by atoms with Gasteiger partial charge in [0.25, 0.3) is 5.91 Å². The largest absolute Gasteiger partial charge is 0.480 e. The summed E-state index contributed by atoms with van der Waals surface area (Å²) in [4.78, 5) is 26.4. The summed E-state index contributed by atoms with van der Waals surface area (Å²) in [5.41, 5.74) is 0. The highest BCUT2D eigenvalue weighted by Gasteiger charge is 2.22. The molecular formula is C10H16N4O4. The van der Waals surface area contributed by atoms with E-state index in [2.05, 4.69) is 20.5 Å². The van der Waals surface area contributed by atoms with Gasteiger partial charge >= 0.3 is 5.97 Å². The molecule has 1 rings (SSSR count). The molecule has 0 saturated heterocycles. The third-order valence-corrected chi connectivity index (χ3v) is 2.27. The first-order chi connectivity index (χ1) is 8.45. The number of aromatic amines is 1. The van der Waals surface area contributed by atoms with E-state index in [-0.39, 0.29) is 24.8 Å². The molecule has 0 aliphatic rings. The molecule has 18 heavy (non-hydrogen) atoms. The molecule has 1 amide bonds. The fourth-order valence-electron chi connectivity index (χ4n) is 1.24. The van der Waals surface area contributed by atoms with Crippen molar-refractivity contribution in [2.45, 2.75) is 32.2 Å². The third kappa shape index (κ3) is 3.52. The number of aliphatic carboxylic acids is 1. The predicted molar refractivity (Wildman–Crippen MR) is 61.1 cm³/mol. The zero-order valence-corrected chi connectivity index (χ0v) is 10.2. The SMILES string of the molecule is CC(C)c1nc(C(=O)N[C@H](CCO)C(=O)O)n[nH]1. The Morgan fingerprint density at radius 3 is 2.56 bits per heavy atom. The smallest absolute Gasteiger partial charge is 0.326 e. The van der Waals surface area contributed by atoms with Crippen LogP contribution in [0.4, 0.5) is 0 Å². The van der Waals surface area contributed by atoms with Gasteiger partial charge in [0.05, 0.1) is 0 Å². The standard InChI is InChI=1S/C10H16N4O4/c1-5(2)7-12-8(14-13-7)9(16)11-6(3-4-15)10(17)18/h5-6,15H,3-4H2,1-2H3,(H,11,16)(H,17,18)(H,12,13,14)/t6-/m1/s1. The fourth-order valence-corrected chi connectivity index (χ4v) is 1.24. The topological polar surface area (TPSA) is 128 Å². The number of rotatable bonds is 6. The molecule has 0 aliphatic heterocycles. The quantitative estimate of drug-likeness (QED) is 0.543. The van der Waals surface area contributed by atoms with Gasteiger partial charge in [0, 0.05) is 18.9 Å². The Labute approximate surface area is 103 Å². The lowest BCUT2D eigenvalue weighted by Crippen LogP contribution is -2.41. The van der Waals surface area contributed by atoms with E-state index in [9.17, 15) is 9.59 Å². The Morgan fingerprint density at radius 2 is 2.11 bits per heavy atom. The number of aliphatic hydroxyl groups is 1. The number of nitrogens with zero attached hydrogens (tertiary/aromatic N) is 2. The first kappa shape index (κ1) is 14.1. The summed E-state index contributed by atoms with van der Waals surface area (Å²) >= 11 is 0. The van der Waals surface area contributed by atoms with Crippen LogP contribution in [-0.2, 0) is 4.79 Å². The van der Waals surface area contributed by atoms with Gasteiger partial charge in [0.1, 0.15) is 11.9 Å². The maximum absolute atomic E-state index is 11.7. The number of carboxylic acid groups (broad SMARTS) is 1. The van der Waals surface area contributed by atoms with Crippen molar-refractivity contribution >= 4 is 11.9 Å². The molecule has 0 saturated carbocycles. The number of hydrogen-bond acceptors (Lipinski definition) is 5. The van der Waals surface area contributed by atoms with Gasteiger partial charge in [0.15, 0.2) is 0 Å². The molecule has 0 bridgehead atoms. The summed E-state index contributed by atoms with van der Waals surface area (Å²) in [7, 11) is 0. The summed E-state index contributed by atoms with van der Waals surface area (Å²) in [5.74, 6) is -1.36. The van der Waals surface area contributed by atoms with Crippen LogP contribution in [0.3, 0.4) is 0 Å². The van der Waals surface area contributed by atoms with Gasteiger partial charge in [-0.25, -0.2) is 9.78 Å². The molecule has 1 aromatic rings. The highest BCUT2D eigenvalue weighted by atomic mass is 16.4. The van der Waals surface area contributed by atoms with Crippen LogP contribution < -0.4 is 5.32 Å². The minimum absolute atomic E-state index is 0.0669. The number of carboxylic acids is 1. The zero-order valence-electron chi connectivity index (χ0n) is 10.2. The van der Waals surface area contributed by atoms with Gasteiger partial charge < -0.3 is 15.5 Å². The second-order valence-electron chi connectivity index (χ2n) is 4.08. The maximum Gasteiger partial charge on any atom is 0.326 e. The van der Waals surface area contributed by atoms with Crippen molar-refractivity contribution in [3.63, 3.8) is 0 Å². The summed E-state index contributed by atoms with van der Waals surface area (Å²) in [6.07, 6.45) is -0.0669. The van der Waals surface area contributed by atoms with Gasteiger partial charge in [-0.05, 0) is 0 Å². The number of aromatic nitrogens is 3. The second-order valence-corrected chi connectivity index (χ2v) is 4.08. The molecule has 1 heterocycles. The van der Waals surface area contributed by atoms with Crippen LogP contribution in [0, 0.1) is 0 Å². The Kier molecular flexibility index (Phi) is 4.78. The number of nitrogens with one attached hydrogen (secondary N) is 2. The number of aliphatic hydroxyl groups excluding tert-OH is 1. The van der Waals surface area contributed by atoms with E-state index in [0.29, 0.717) is 5.82 Å². The van der Waals surface area contributed by atoms with E-state index in [1.807, 2.05) is 13.8 Å². The van der Waals surface area contributed by atoms with Crippen LogP contribution in [0.1, 0.15) is 42.6 Å². The Balaban J connectivity index is 2.71. The molecule has 0 spiro atoms. The van der Waals surface area contributed by atoms with Crippen LogP contribution in [0.25, 0.3) is 0 Å². The van der Waals surface area contributed by atoms with Crippen LogP contribution in [0.15, 0.2) is 0 Å². The molecule has 0 aliphatic carbocycles. The van der Waals surface area contributed by atoms with Gasteiger partial charge in [-0.3, -0.25) is 9.89 Å². The summed E-state index contributed by atoms with van der Waals surface area (Å²) < 4.78 is 0. The molecule has 8 heteroatoms. The molecule has 0 radical (unpaired) electrons. The molecule has 4 N–H and O–H groups in total.